The van der Waals surface area contributed by atoms with Crippen LogP contribution in [0.3, 0.4) is 0 Å². The minimum absolute atomic E-state index is 0.237. The molecule has 0 fully saturated rings. The molecule has 1 heterocycles. The van der Waals surface area contributed by atoms with Crippen molar-refractivity contribution in [3.63, 3.8) is 0 Å². The van der Waals surface area contributed by atoms with E-state index in [4.69, 9.17) is 5.11 Å². The maximum absolute atomic E-state index is 10.9. The zero-order valence-corrected chi connectivity index (χ0v) is 8.90. The number of hydrogen-bond donors (Lipinski definition) is 1. The van der Waals surface area contributed by atoms with Crippen LogP contribution in [-0.2, 0) is 0 Å². The molecule has 0 aromatic carbocycles. The van der Waals surface area contributed by atoms with Crippen LogP contribution in [0, 0.1) is 5.92 Å². The molecule has 78 valence electrons. The number of carboxylic acid groups (broad SMARTS) is 1. The van der Waals surface area contributed by atoms with Gasteiger partial charge < -0.3 is 9.67 Å². The molecule has 0 aliphatic rings. The Labute approximate surface area is 84.4 Å². The van der Waals surface area contributed by atoms with Crippen molar-refractivity contribution >= 4 is 5.97 Å². The second-order valence-electron chi connectivity index (χ2n) is 3.73. The number of aromatic nitrogens is 1. The normalized spacial score (nSPS) is 15.1. The Balaban J connectivity index is 2.94. The van der Waals surface area contributed by atoms with Crippen molar-refractivity contribution in [2.45, 2.75) is 33.2 Å². The average molecular weight is 195 g/mol. The number of carboxylic acids is 1. The molecule has 1 rings (SSSR count). The van der Waals surface area contributed by atoms with Crippen LogP contribution < -0.4 is 0 Å². The van der Waals surface area contributed by atoms with Crippen molar-refractivity contribution in [3.8, 4) is 0 Å². The summed E-state index contributed by atoms with van der Waals surface area (Å²) in [6, 6.07) is 3.66. The summed E-state index contributed by atoms with van der Waals surface area (Å²) in [5.41, 5.74) is 0.373. The molecule has 0 aliphatic carbocycles. The summed E-state index contributed by atoms with van der Waals surface area (Å²) in [5.74, 6) is -0.370. The van der Waals surface area contributed by atoms with Crippen LogP contribution in [0.2, 0.25) is 0 Å². The lowest BCUT2D eigenvalue weighted by Crippen LogP contribution is -2.17. The Morgan fingerprint density at radius 1 is 1.57 bits per heavy atom. The summed E-state index contributed by atoms with van der Waals surface area (Å²) in [7, 11) is 0. The molecule has 3 nitrogen and oxygen atoms in total. The largest absolute Gasteiger partial charge is 0.477 e. The lowest BCUT2D eigenvalue weighted by atomic mass is 10.0. The van der Waals surface area contributed by atoms with Crippen LogP contribution in [0.15, 0.2) is 18.3 Å². The first-order chi connectivity index (χ1) is 6.57. The highest BCUT2D eigenvalue weighted by Crippen LogP contribution is 2.22. The van der Waals surface area contributed by atoms with E-state index < -0.39 is 5.97 Å². The van der Waals surface area contributed by atoms with Gasteiger partial charge in [0.05, 0.1) is 0 Å². The van der Waals surface area contributed by atoms with Gasteiger partial charge in [0.2, 0.25) is 0 Å². The standard InChI is InChI=1S/C11H17NO2/c1-4-8(2)9(3)12-7-5-6-10(12)11(13)14/h5-9H,4H2,1-3H3,(H,13,14). The van der Waals surface area contributed by atoms with E-state index in [0.29, 0.717) is 11.6 Å². The fourth-order valence-corrected chi connectivity index (χ4v) is 1.55. The van der Waals surface area contributed by atoms with E-state index in [9.17, 15) is 4.79 Å². The molecule has 1 N–H and O–H groups in total. The third-order valence-electron chi connectivity index (χ3n) is 2.90. The third-order valence-corrected chi connectivity index (χ3v) is 2.90. The third kappa shape index (κ3) is 1.97. The van der Waals surface area contributed by atoms with Gasteiger partial charge in [-0.25, -0.2) is 4.79 Å². The molecule has 0 bridgehead atoms. The first-order valence-electron chi connectivity index (χ1n) is 4.98. The van der Waals surface area contributed by atoms with Gasteiger partial charge in [0, 0.05) is 12.2 Å². The minimum atomic E-state index is -0.856. The average Bonchev–Trinajstić information content (AvgIpc) is 2.63. The van der Waals surface area contributed by atoms with E-state index >= 15 is 0 Å². The number of rotatable bonds is 4. The molecule has 0 amide bonds. The fraction of sp³-hybridized carbons (Fsp3) is 0.545. The lowest BCUT2D eigenvalue weighted by Gasteiger charge is -2.21. The Kier molecular flexibility index (Phi) is 3.33. The van der Waals surface area contributed by atoms with Crippen molar-refractivity contribution in [2.75, 3.05) is 0 Å². The van der Waals surface area contributed by atoms with Crippen molar-refractivity contribution < 1.29 is 9.90 Å². The molecule has 0 saturated carbocycles. The Morgan fingerprint density at radius 2 is 2.21 bits per heavy atom. The van der Waals surface area contributed by atoms with Gasteiger partial charge in [-0.1, -0.05) is 20.3 Å². The van der Waals surface area contributed by atoms with Gasteiger partial charge in [-0.3, -0.25) is 0 Å². The van der Waals surface area contributed by atoms with Crippen LogP contribution >= 0.6 is 0 Å². The van der Waals surface area contributed by atoms with E-state index in [1.165, 1.54) is 0 Å². The summed E-state index contributed by atoms with van der Waals surface area (Å²) in [6.45, 7) is 6.31. The van der Waals surface area contributed by atoms with Crippen LogP contribution in [0.25, 0.3) is 0 Å². The Hall–Kier alpha value is -1.25. The molecule has 0 aliphatic heterocycles. The molecule has 14 heavy (non-hydrogen) atoms. The second kappa shape index (κ2) is 4.31. The molecule has 0 radical (unpaired) electrons. The fourth-order valence-electron chi connectivity index (χ4n) is 1.55. The molecule has 1 aromatic heterocycles. The molecule has 2 atom stereocenters. The number of carbonyl (C=O) groups is 1. The maximum Gasteiger partial charge on any atom is 0.352 e. The zero-order chi connectivity index (χ0) is 10.7. The van der Waals surface area contributed by atoms with Crippen molar-refractivity contribution in [1.29, 1.82) is 0 Å². The van der Waals surface area contributed by atoms with Gasteiger partial charge in [0.25, 0.3) is 0 Å². The van der Waals surface area contributed by atoms with Gasteiger partial charge >= 0.3 is 5.97 Å². The highest BCUT2D eigenvalue weighted by molar-refractivity contribution is 5.85. The number of aromatic carboxylic acids is 1. The molecule has 2 unspecified atom stereocenters. The van der Waals surface area contributed by atoms with Gasteiger partial charge in [-0.05, 0) is 25.0 Å². The van der Waals surface area contributed by atoms with Gasteiger partial charge in [0.1, 0.15) is 5.69 Å². The molecule has 1 aromatic rings. The van der Waals surface area contributed by atoms with E-state index in [-0.39, 0.29) is 6.04 Å². The second-order valence-corrected chi connectivity index (χ2v) is 3.73. The Morgan fingerprint density at radius 3 is 2.71 bits per heavy atom. The quantitative estimate of drug-likeness (QED) is 0.802. The number of nitrogens with zero attached hydrogens (tertiary/aromatic N) is 1. The van der Waals surface area contributed by atoms with E-state index in [2.05, 4.69) is 20.8 Å². The smallest absolute Gasteiger partial charge is 0.352 e. The van der Waals surface area contributed by atoms with Crippen LogP contribution in [0.5, 0.6) is 0 Å². The maximum atomic E-state index is 10.9. The molecule has 3 heteroatoms. The predicted octanol–water partition coefficient (Wildman–Crippen LogP) is 2.79. The van der Waals surface area contributed by atoms with E-state index in [1.807, 2.05) is 10.8 Å². The van der Waals surface area contributed by atoms with Gasteiger partial charge in [-0.15, -0.1) is 0 Å². The molecule has 0 spiro atoms. The first kappa shape index (κ1) is 10.8. The van der Waals surface area contributed by atoms with E-state index in [1.54, 1.807) is 12.1 Å². The molecular formula is C11H17NO2. The van der Waals surface area contributed by atoms with Crippen LogP contribution in [0.1, 0.15) is 43.7 Å². The summed E-state index contributed by atoms with van der Waals surface area (Å²) in [4.78, 5) is 10.9. The minimum Gasteiger partial charge on any atom is -0.477 e. The van der Waals surface area contributed by atoms with Crippen LogP contribution in [-0.4, -0.2) is 15.6 Å². The summed E-state index contributed by atoms with van der Waals surface area (Å²) in [6.07, 6.45) is 2.89. The summed E-state index contributed by atoms with van der Waals surface area (Å²) >= 11 is 0. The van der Waals surface area contributed by atoms with Crippen molar-refractivity contribution in [3.05, 3.63) is 24.0 Å². The topological polar surface area (TPSA) is 42.2 Å². The van der Waals surface area contributed by atoms with E-state index in [0.717, 1.165) is 6.42 Å². The summed E-state index contributed by atoms with van der Waals surface area (Å²) in [5, 5.41) is 8.94. The highest BCUT2D eigenvalue weighted by Gasteiger charge is 2.17. The first-order valence-corrected chi connectivity index (χ1v) is 4.98. The predicted molar refractivity (Wildman–Crippen MR) is 55.6 cm³/mol. The monoisotopic (exact) mass is 195 g/mol. The zero-order valence-electron chi connectivity index (χ0n) is 8.90. The van der Waals surface area contributed by atoms with Gasteiger partial charge in [0.15, 0.2) is 0 Å². The summed E-state index contributed by atoms with van der Waals surface area (Å²) < 4.78 is 1.83. The van der Waals surface area contributed by atoms with Crippen molar-refractivity contribution in [2.24, 2.45) is 5.92 Å². The molecule has 0 saturated heterocycles. The molecular weight excluding hydrogens is 178 g/mol. The lowest BCUT2D eigenvalue weighted by molar-refractivity contribution is 0.0681. The Bertz CT molecular complexity index is 317. The SMILES string of the molecule is CCC(C)C(C)n1cccc1C(=O)O. The van der Waals surface area contributed by atoms with Gasteiger partial charge in [-0.2, -0.15) is 0 Å². The number of hydrogen-bond acceptors (Lipinski definition) is 1. The van der Waals surface area contributed by atoms with Crippen molar-refractivity contribution in [1.82, 2.24) is 4.57 Å². The van der Waals surface area contributed by atoms with Crippen LogP contribution in [0.4, 0.5) is 0 Å². The highest BCUT2D eigenvalue weighted by atomic mass is 16.4.